The third-order valence-electron chi connectivity index (χ3n) is 3.58. The Morgan fingerprint density at radius 2 is 1.55 bits per heavy atom. The van der Waals surface area contributed by atoms with Crippen LogP contribution in [0, 0.1) is 0 Å². The molecule has 22 heavy (non-hydrogen) atoms. The van der Waals surface area contributed by atoms with Gasteiger partial charge < -0.3 is 10.1 Å². The zero-order chi connectivity index (χ0) is 14.8. The van der Waals surface area contributed by atoms with Crippen LogP contribution in [0.1, 0.15) is 5.56 Å². The average Bonchev–Trinajstić information content (AvgIpc) is 2.59. The lowest BCUT2D eigenvalue weighted by Crippen LogP contribution is -2.01. The smallest absolute Gasteiger partial charge is 0.121 e. The molecule has 1 heterocycles. The lowest BCUT2D eigenvalue weighted by atomic mass is 10.2. The van der Waals surface area contributed by atoms with Gasteiger partial charge in [0.25, 0.3) is 0 Å². The maximum Gasteiger partial charge on any atom is 0.121 e. The zero-order valence-corrected chi connectivity index (χ0v) is 12.8. The minimum absolute atomic E-state index is 0.587. The van der Waals surface area contributed by atoms with Crippen LogP contribution in [0.4, 0.5) is 11.4 Å². The summed E-state index contributed by atoms with van der Waals surface area (Å²) >= 11 is 1.79. The second-order valence-corrected chi connectivity index (χ2v) is 6.24. The van der Waals surface area contributed by atoms with Crippen molar-refractivity contribution in [2.45, 2.75) is 16.4 Å². The van der Waals surface area contributed by atoms with Crippen molar-refractivity contribution in [1.29, 1.82) is 0 Å². The predicted octanol–water partition coefficient (Wildman–Crippen LogP) is 5.47. The summed E-state index contributed by atoms with van der Waals surface area (Å²) in [6, 6.07) is 24.8. The van der Waals surface area contributed by atoms with Gasteiger partial charge in [-0.2, -0.15) is 0 Å². The third kappa shape index (κ3) is 2.68. The van der Waals surface area contributed by atoms with Crippen LogP contribution >= 0.6 is 11.8 Å². The molecule has 0 atom stereocenters. The van der Waals surface area contributed by atoms with Crippen molar-refractivity contribution in [3.05, 3.63) is 78.4 Å². The second-order valence-electron chi connectivity index (χ2n) is 5.16. The lowest BCUT2D eigenvalue weighted by Gasteiger charge is -2.21. The number of ether oxygens (including phenoxy) is 1. The molecule has 1 N–H and O–H groups in total. The highest BCUT2D eigenvalue weighted by molar-refractivity contribution is 7.99. The zero-order valence-electron chi connectivity index (χ0n) is 12.0. The molecule has 108 valence electrons. The summed E-state index contributed by atoms with van der Waals surface area (Å²) in [7, 11) is 0. The maximum absolute atomic E-state index is 5.90. The topological polar surface area (TPSA) is 21.3 Å². The van der Waals surface area contributed by atoms with E-state index < -0.39 is 0 Å². The number of benzene rings is 3. The van der Waals surface area contributed by atoms with Gasteiger partial charge in [-0.3, -0.25) is 0 Å². The minimum Gasteiger partial charge on any atom is -0.489 e. The van der Waals surface area contributed by atoms with Gasteiger partial charge in [0.2, 0.25) is 0 Å². The van der Waals surface area contributed by atoms with Crippen molar-refractivity contribution < 1.29 is 4.74 Å². The molecule has 3 aromatic carbocycles. The first-order valence-corrected chi connectivity index (χ1v) is 8.05. The van der Waals surface area contributed by atoms with Gasteiger partial charge in [-0.25, -0.2) is 0 Å². The van der Waals surface area contributed by atoms with Crippen LogP contribution in [0.15, 0.2) is 82.6 Å². The fraction of sp³-hybridized carbons (Fsp3) is 0.0526. The molecule has 0 unspecified atom stereocenters. The Labute approximate surface area is 134 Å². The molecule has 3 heteroatoms. The Balaban J connectivity index is 1.53. The van der Waals surface area contributed by atoms with Crippen LogP contribution in [-0.4, -0.2) is 0 Å². The van der Waals surface area contributed by atoms with Crippen molar-refractivity contribution in [3.63, 3.8) is 0 Å². The molecule has 0 saturated heterocycles. The van der Waals surface area contributed by atoms with Crippen molar-refractivity contribution in [2.24, 2.45) is 0 Å². The van der Waals surface area contributed by atoms with Crippen molar-refractivity contribution >= 4 is 23.1 Å². The summed E-state index contributed by atoms with van der Waals surface area (Å²) in [5.41, 5.74) is 3.43. The molecule has 0 saturated carbocycles. The normalized spacial score (nSPS) is 12.0. The standard InChI is InChI=1S/C19H15NOS/c1-2-6-14(7-3-1)13-21-15-10-11-19-17(12-15)20-16-8-4-5-9-18(16)22-19/h1-12,20H,13H2. The van der Waals surface area contributed by atoms with Gasteiger partial charge in [-0.15, -0.1) is 0 Å². The van der Waals surface area contributed by atoms with E-state index in [1.807, 2.05) is 30.3 Å². The molecule has 0 spiro atoms. The maximum atomic E-state index is 5.90. The van der Waals surface area contributed by atoms with Gasteiger partial charge in [0.1, 0.15) is 12.4 Å². The van der Waals surface area contributed by atoms with Gasteiger partial charge in [-0.05, 0) is 29.8 Å². The Morgan fingerprint density at radius 3 is 2.45 bits per heavy atom. The quantitative estimate of drug-likeness (QED) is 0.542. The number of para-hydroxylation sites is 1. The van der Waals surface area contributed by atoms with E-state index in [9.17, 15) is 0 Å². The Hall–Kier alpha value is -2.39. The molecule has 0 aliphatic carbocycles. The summed E-state index contributed by atoms with van der Waals surface area (Å²) in [5.74, 6) is 0.884. The van der Waals surface area contributed by atoms with Crippen molar-refractivity contribution in [2.75, 3.05) is 5.32 Å². The van der Waals surface area contributed by atoms with Gasteiger partial charge in [0, 0.05) is 15.9 Å². The Morgan fingerprint density at radius 1 is 0.773 bits per heavy atom. The highest BCUT2D eigenvalue weighted by atomic mass is 32.2. The summed E-state index contributed by atoms with van der Waals surface area (Å²) in [6.45, 7) is 0.587. The molecule has 3 aromatic rings. The van der Waals surface area contributed by atoms with Crippen LogP contribution < -0.4 is 10.1 Å². The number of hydrogen-bond acceptors (Lipinski definition) is 3. The average molecular weight is 305 g/mol. The molecule has 1 aliphatic rings. The first-order chi connectivity index (χ1) is 10.9. The molecular formula is C19H15NOS. The molecule has 2 nitrogen and oxygen atoms in total. The van der Waals surface area contributed by atoms with Crippen LogP contribution in [-0.2, 0) is 6.61 Å². The minimum atomic E-state index is 0.587. The number of nitrogens with one attached hydrogen (secondary N) is 1. The van der Waals surface area contributed by atoms with Gasteiger partial charge >= 0.3 is 0 Å². The summed E-state index contributed by atoms with van der Waals surface area (Å²) in [5, 5.41) is 3.48. The van der Waals surface area contributed by atoms with E-state index in [-0.39, 0.29) is 0 Å². The molecule has 1 aliphatic heterocycles. The van der Waals surface area contributed by atoms with E-state index in [1.165, 1.54) is 15.4 Å². The fourth-order valence-corrected chi connectivity index (χ4v) is 3.42. The Kier molecular flexibility index (Phi) is 3.49. The number of anilines is 2. The summed E-state index contributed by atoms with van der Waals surface area (Å²) in [6.07, 6.45) is 0. The van der Waals surface area contributed by atoms with E-state index >= 15 is 0 Å². The van der Waals surface area contributed by atoms with E-state index in [4.69, 9.17) is 4.74 Å². The molecule has 0 aromatic heterocycles. The summed E-state index contributed by atoms with van der Waals surface area (Å²) < 4.78 is 5.90. The van der Waals surface area contributed by atoms with Crippen molar-refractivity contribution in [3.8, 4) is 5.75 Å². The predicted molar refractivity (Wildman–Crippen MR) is 91.1 cm³/mol. The van der Waals surface area contributed by atoms with Gasteiger partial charge in [0.15, 0.2) is 0 Å². The molecule has 0 amide bonds. The van der Waals surface area contributed by atoms with Crippen LogP contribution in [0.5, 0.6) is 5.75 Å². The van der Waals surface area contributed by atoms with Crippen LogP contribution in [0.2, 0.25) is 0 Å². The largest absolute Gasteiger partial charge is 0.489 e. The van der Waals surface area contributed by atoms with Gasteiger partial charge in [-0.1, -0.05) is 54.2 Å². The van der Waals surface area contributed by atoms with E-state index in [2.05, 4.69) is 47.8 Å². The second kappa shape index (κ2) is 5.78. The van der Waals surface area contributed by atoms with Crippen molar-refractivity contribution in [1.82, 2.24) is 0 Å². The highest BCUT2D eigenvalue weighted by Crippen LogP contribution is 2.45. The first kappa shape index (κ1) is 13.3. The molecular weight excluding hydrogens is 290 g/mol. The monoisotopic (exact) mass is 305 g/mol. The van der Waals surface area contributed by atoms with E-state index in [0.29, 0.717) is 6.61 Å². The van der Waals surface area contributed by atoms with Crippen LogP contribution in [0.3, 0.4) is 0 Å². The highest BCUT2D eigenvalue weighted by Gasteiger charge is 2.15. The number of rotatable bonds is 3. The van der Waals surface area contributed by atoms with E-state index in [0.717, 1.165) is 17.1 Å². The van der Waals surface area contributed by atoms with Gasteiger partial charge in [0.05, 0.1) is 11.4 Å². The molecule has 4 rings (SSSR count). The Bertz CT molecular complexity index is 802. The molecule has 0 bridgehead atoms. The number of hydrogen-bond donors (Lipinski definition) is 1. The van der Waals surface area contributed by atoms with Crippen LogP contribution in [0.25, 0.3) is 0 Å². The first-order valence-electron chi connectivity index (χ1n) is 7.23. The van der Waals surface area contributed by atoms with E-state index in [1.54, 1.807) is 11.8 Å². The molecule has 0 fully saturated rings. The SMILES string of the molecule is c1ccc(COc2ccc3c(c2)Nc2ccccc2S3)cc1. The number of fused-ring (bicyclic) bond motifs is 2. The summed E-state index contributed by atoms with van der Waals surface area (Å²) in [4.78, 5) is 2.48. The lowest BCUT2D eigenvalue weighted by molar-refractivity contribution is 0.306. The molecule has 0 radical (unpaired) electrons. The third-order valence-corrected chi connectivity index (χ3v) is 4.73. The fourth-order valence-electron chi connectivity index (χ4n) is 2.45.